The summed E-state index contributed by atoms with van der Waals surface area (Å²) in [6, 6.07) is 3.74. The molecule has 2 rings (SSSR count). The second-order valence-electron chi connectivity index (χ2n) is 4.43. The fraction of sp³-hybridized carbons (Fsp3) is 0.385. The van der Waals surface area contributed by atoms with E-state index in [4.69, 9.17) is 5.73 Å². The summed E-state index contributed by atoms with van der Waals surface area (Å²) in [5.74, 6) is 0. The molecule has 0 amide bonds. The Kier molecular flexibility index (Phi) is 3.62. The van der Waals surface area contributed by atoms with Gasteiger partial charge in [-0.1, -0.05) is 6.07 Å². The maximum atomic E-state index is 12.1. The Labute approximate surface area is 106 Å². The van der Waals surface area contributed by atoms with Gasteiger partial charge in [0.1, 0.15) is 0 Å². The molecule has 5 heteroatoms. The summed E-state index contributed by atoms with van der Waals surface area (Å²) in [5, 5.41) is 4.12. The minimum atomic E-state index is 0.0152. The lowest BCUT2D eigenvalue weighted by Crippen LogP contribution is -2.27. The number of nitrogens with zero attached hydrogens (tertiary/aromatic N) is 3. The molecule has 0 radical (unpaired) electrons. The molecule has 0 fully saturated rings. The van der Waals surface area contributed by atoms with E-state index in [0.717, 1.165) is 17.7 Å². The van der Waals surface area contributed by atoms with E-state index < -0.39 is 0 Å². The lowest BCUT2D eigenvalue weighted by molar-refractivity contribution is 0.641. The zero-order valence-electron chi connectivity index (χ0n) is 10.8. The van der Waals surface area contributed by atoms with Crippen LogP contribution in [0.4, 0.5) is 0 Å². The van der Waals surface area contributed by atoms with E-state index in [1.54, 1.807) is 15.3 Å². The maximum absolute atomic E-state index is 12.1. The molecule has 2 heterocycles. The van der Waals surface area contributed by atoms with E-state index in [1.165, 1.54) is 0 Å². The molecule has 2 N–H and O–H groups in total. The molecule has 0 spiro atoms. The third-order valence-electron chi connectivity index (χ3n) is 3.07. The highest BCUT2D eigenvalue weighted by Crippen LogP contribution is 2.03. The van der Waals surface area contributed by atoms with E-state index in [1.807, 2.05) is 32.4 Å². The summed E-state index contributed by atoms with van der Waals surface area (Å²) >= 11 is 0. The lowest BCUT2D eigenvalue weighted by Gasteiger charge is -2.10. The van der Waals surface area contributed by atoms with Crippen LogP contribution in [0.1, 0.15) is 16.8 Å². The van der Waals surface area contributed by atoms with Gasteiger partial charge in [-0.2, -0.15) is 5.10 Å². The molecule has 0 aliphatic carbocycles. The Bertz CT molecular complexity index is 597. The smallest absolute Gasteiger partial charge is 0.255 e. The van der Waals surface area contributed by atoms with Crippen LogP contribution in [-0.4, -0.2) is 14.3 Å². The van der Waals surface area contributed by atoms with Crippen molar-refractivity contribution in [2.75, 3.05) is 0 Å². The number of hydrogen-bond acceptors (Lipinski definition) is 3. The van der Waals surface area contributed by atoms with Crippen LogP contribution in [-0.2, 0) is 26.6 Å². The fourth-order valence-electron chi connectivity index (χ4n) is 1.99. The van der Waals surface area contributed by atoms with Crippen molar-refractivity contribution in [2.24, 2.45) is 12.8 Å². The van der Waals surface area contributed by atoms with Crippen LogP contribution in [0.15, 0.2) is 29.3 Å². The van der Waals surface area contributed by atoms with Gasteiger partial charge >= 0.3 is 0 Å². The number of aryl methyl sites for hydroxylation is 3. The van der Waals surface area contributed by atoms with Gasteiger partial charge in [0.15, 0.2) is 0 Å². The van der Waals surface area contributed by atoms with Gasteiger partial charge in [0.2, 0.25) is 0 Å². The summed E-state index contributed by atoms with van der Waals surface area (Å²) in [7, 11) is 1.88. The van der Waals surface area contributed by atoms with Crippen LogP contribution < -0.4 is 11.3 Å². The predicted octanol–water partition coefficient (Wildman–Crippen LogP) is 0.592. The van der Waals surface area contributed by atoms with Gasteiger partial charge in [0.25, 0.3) is 5.56 Å². The van der Waals surface area contributed by atoms with Crippen LogP contribution in [0.25, 0.3) is 0 Å². The third-order valence-corrected chi connectivity index (χ3v) is 3.07. The molecule has 0 unspecified atom stereocenters. The first-order valence-corrected chi connectivity index (χ1v) is 5.98. The van der Waals surface area contributed by atoms with Crippen molar-refractivity contribution in [3.8, 4) is 0 Å². The number of pyridine rings is 1. The van der Waals surface area contributed by atoms with Gasteiger partial charge in [-0.05, 0) is 25.0 Å². The first-order valence-electron chi connectivity index (χ1n) is 5.98. The van der Waals surface area contributed by atoms with Crippen LogP contribution in [0.2, 0.25) is 0 Å². The normalized spacial score (nSPS) is 10.8. The Balaban J connectivity index is 2.21. The number of hydrogen-bond donors (Lipinski definition) is 1. The largest absolute Gasteiger partial charge is 0.326 e. The standard InChI is InChI=1S/C13H18N4O/c1-10-3-4-12(7-14)13(18)17(10)6-5-11-8-15-16(2)9-11/h3-4,8-9H,5-7,14H2,1-2H3. The molecule has 2 aromatic heterocycles. The summed E-state index contributed by atoms with van der Waals surface area (Å²) < 4.78 is 3.54. The second kappa shape index (κ2) is 5.18. The van der Waals surface area contributed by atoms with Crippen LogP contribution in [0.5, 0.6) is 0 Å². The molecule has 0 aliphatic heterocycles. The highest BCUT2D eigenvalue weighted by atomic mass is 16.1. The average Bonchev–Trinajstić information content (AvgIpc) is 2.75. The van der Waals surface area contributed by atoms with Gasteiger partial charge in [0, 0.05) is 37.6 Å². The number of rotatable bonds is 4. The van der Waals surface area contributed by atoms with E-state index in [2.05, 4.69) is 5.10 Å². The van der Waals surface area contributed by atoms with Gasteiger partial charge in [0.05, 0.1) is 6.20 Å². The van der Waals surface area contributed by atoms with Crippen molar-refractivity contribution in [2.45, 2.75) is 26.4 Å². The Morgan fingerprint density at radius 2 is 2.17 bits per heavy atom. The first-order chi connectivity index (χ1) is 8.61. The van der Waals surface area contributed by atoms with Crippen LogP contribution in [0.3, 0.4) is 0 Å². The molecule has 5 nitrogen and oxygen atoms in total. The topological polar surface area (TPSA) is 65.8 Å². The van der Waals surface area contributed by atoms with Crippen molar-refractivity contribution in [3.05, 3.63) is 51.7 Å². The molecule has 0 atom stereocenters. The van der Waals surface area contributed by atoms with Crippen molar-refractivity contribution >= 4 is 0 Å². The number of aromatic nitrogens is 3. The first kappa shape index (κ1) is 12.6. The lowest BCUT2D eigenvalue weighted by atomic mass is 10.2. The zero-order valence-corrected chi connectivity index (χ0v) is 10.8. The minimum absolute atomic E-state index is 0.0152. The molecule has 0 saturated heterocycles. The van der Waals surface area contributed by atoms with E-state index in [0.29, 0.717) is 12.1 Å². The van der Waals surface area contributed by atoms with Crippen molar-refractivity contribution in [1.82, 2.24) is 14.3 Å². The predicted molar refractivity (Wildman–Crippen MR) is 70.2 cm³/mol. The molecular formula is C13H18N4O. The Morgan fingerprint density at radius 1 is 1.39 bits per heavy atom. The van der Waals surface area contributed by atoms with Crippen LogP contribution in [0, 0.1) is 6.92 Å². The van der Waals surface area contributed by atoms with E-state index in [-0.39, 0.29) is 12.1 Å². The van der Waals surface area contributed by atoms with Gasteiger partial charge < -0.3 is 10.3 Å². The van der Waals surface area contributed by atoms with Crippen molar-refractivity contribution in [1.29, 1.82) is 0 Å². The molecule has 2 aromatic rings. The number of nitrogens with two attached hydrogens (primary N) is 1. The monoisotopic (exact) mass is 246 g/mol. The summed E-state index contributed by atoms with van der Waals surface area (Å²) in [4.78, 5) is 12.1. The van der Waals surface area contributed by atoms with Crippen LogP contribution >= 0.6 is 0 Å². The maximum Gasteiger partial charge on any atom is 0.255 e. The van der Waals surface area contributed by atoms with Crippen molar-refractivity contribution < 1.29 is 0 Å². The van der Waals surface area contributed by atoms with Gasteiger partial charge in [-0.3, -0.25) is 9.48 Å². The van der Waals surface area contributed by atoms with Gasteiger partial charge in [-0.25, -0.2) is 0 Å². The van der Waals surface area contributed by atoms with E-state index >= 15 is 0 Å². The molecule has 18 heavy (non-hydrogen) atoms. The zero-order chi connectivity index (χ0) is 13.1. The molecule has 0 saturated carbocycles. The van der Waals surface area contributed by atoms with Crippen molar-refractivity contribution in [3.63, 3.8) is 0 Å². The Morgan fingerprint density at radius 3 is 2.78 bits per heavy atom. The highest BCUT2D eigenvalue weighted by molar-refractivity contribution is 5.15. The summed E-state index contributed by atoms with van der Waals surface area (Å²) in [6.07, 6.45) is 4.59. The average molecular weight is 246 g/mol. The van der Waals surface area contributed by atoms with E-state index in [9.17, 15) is 4.79 Å². The molecule has 96 valence electrons. The summed E-state index contributed by atoms with van der Waals surface area (Å²) in [6.45, 7) is 2.88. The summed E-state index contributed by atoms with van der Waals surface area (Å²) in [5.41, 5.74) is 8.31. The molecule has 0 aromatic carbocycles. The quantitative estimate of drug-likeness (QED) is 0.858. The fourth-order valence-corrected chi connectivity index (χ4v) is 1.99. The highest BCUT2D eigenvalue weighted by Gasteiger charge is 2.05. The molecular weight excluding hydrogens is 228 g/mol. The Hall–Kier alpha value is -1.88. The SMILES string of the molecule is Cc1ccc(CN)c(=O)n1CCc1cnn(C)c1. The molecule has 0 aliphatic rings. The second-order valence-corrected chi connectivity index (χ2v) is 4.43. The minimum Gasteiger partial charge on any atom is -0.326 e. The third kappa shape index (κ3) is 2.51. The van der Waals surface area contributed by atoms with Gasteiger partial charge in [-0.15, -0.1) is 0 Å². The molecule has 0 bridgehead atoms.